The molecule has 0 saturated heterocycles. The van der Waals surface area contributed by atoms with Crippen molar-refractivity contribution >= 4 is 5.78 Å². The molecule has 0 heterocycles. The maximum atomic E-state index is 11.8. The van der Waals surface area contributed by atoms with E-state index in [0.717, 1.165) is 44.9 Å². The van der Waals surface area contributed by atoms with Crippen LogP contribution in [0, 0.1) is 28.6 Å². The Balaban J connectivity index is 1.66. The SMILES string of the molecule is C[C@H](O)[C@@]1(CO)CC[C@H]2[C@@H]3CCC4=C(CCC(=O)C4)[C@H]3CC[C@@]21C. The molecule has 4 aliphatic carbocycles. The summed E-state index contributed by atoms with van der Waals surface area (Å²) in [5.74, 6) is 2.41. The van der Waals surface area contributed by atoms with Gasteiger partial charge >= 0.3 is 0 Å². The Hall–Kier alpha value is -0.670. The molecular formula is C21H32O3. The van der Waals surface area contributed by atoms with E-state index in [1.807, 2.05) is 6.92 Å². The average Bonchev–Trinajstić information content (AvgIpc) is 2.87. The van der Waals surface area contributed by atoms with Gasteiger partial charge in [-0.1, -0.05) is 18.1 Å². The summed E-state index contributed by atoms with van der Waals surface area (Å²) >= 11 is 0. The van der Waals surface area contributed by atoms with Gasteiger partial charge < -0.3 is 10.2 Å². The van der Waals surface area contributed by atoms with E-state index < -0.39 is 6.10 Å². The Morgan fingerprint density at radius 1 is 1.17 bits per heavy atom. The first-order valence-electron chi connectivity index (χ1n) is 9.94. The molecule has 4 rings (SSSR count). The standard InChI is InChI=1S/C21H32O3/c1-13(23)21(12-22)10-8-19-18-5-3-14-11-15(24)4-6-16(14)17(18)7-9-20(19,21)2/h13,17-19,22-23H,3-12H2,1-2H3/t13-,17+,18+,19-,20-,21-/m0/s1. The summed E-state index contributed by atoms with van der Waals surface area (Å²) in [7, 11) is 0. The third-order valence-electron chi connectivity index (χ3n) is 8.71. The van der Waals surface area contributed by atoms with E-state index in [1.54, 1.807) is 5.57 Å². The van der Waals surface area contributed by atoms with Crippen molar-refractivity contribution < 1.29 is 15.0 Å². The number of hydrogen-bond acceptors (Lipinski definition) is 3. The summed E-state index contributed by atoms with van der Waals surface area (Å²) < 4.78 is 0. The highest BCUT2D eigenvalue weighted by Gasteiger charge is 2.63. The molecule has 4 aliphatic rings. The second kappa shape index (κ2) is 5.67. The zero-order valence-corrected chi connectivity index (χ0v) is 15.2. The minimum absolute atomic E-state index is 0.0552. The Morgan fingerprint density at radius 3 is 2.67 bits per heavy atom. The van der Waals surface area contributed by atoms with Gasteiger partial charge in [0.15, 0.2) is 0 Å². The molecule has 3 nitrogen and oxygen atoms in total. The number of fused-ring (bicyclic) bond motifs is 4. The number of aliphatic hydroxyl groups excluding tert-OH is 2. The molecule has 0 bridgehead atoms. The first-order valence-corrected chi connectivity index (χ1v) is 9.94. The highest BCUT2D eigenvalue weighted by molar-refractivity contribution is 5.82. The molecule has 3 heteroatoms. The molecular weight excluding hydrogens is 300 g/mol. The molecule has 6 atom stereocenters. The van der Waals surface area contributed by atoms with Gasteiger partial charge in [0, 0.05) is 18.3 Å². The van der Waals surface area contributed by atoms with Gasteiger partial charge in [0.05, 0.1) is 12.7 Å². The van der Waals surface area contributed by atoms with Crippen molar-refractivity contribution in [1.82, 2.24) is 0 Å². The molecule has 0 spiro atoms. The zero-order valence-electron chi connectivity index (χ0n) is 15.2. The fraction of sp³-hybridized carbons (Fsp3) is 0.857. The monoisotopic (exact) mass is 332 g/mol. The number of rotatable bonds is 2. The summed E-state index contributed by atoms with van der Waals surface area (Å²) in [6.07, 6.45) is 8.72. The van der Waals surface area contributed by atoms with Gasteiger partial charge in [0.2, 0.25) is 0 Å². The van der Waals surface area contributed by atoms with Gasteiger partial charge in [-0.25, -0.2) is 0 Å². The molecule has 0 unspecified atom stereocenters. The highest BCUT2D eigenvalue weighted by atomic mass is 16.3. The Labute approximate surface area is 145 Å². The van der Waals surface area contributed by atoms with Crippen LogP contribution in [0.2, 0.25) is 0 Å². The lowest BCUT2D eigenvalue weighted by molar-refractivity contribution is -0.123. The minimum atomic E-state index is -0.445. The fourth-order valence-electron chi connectivity index (χ4n) is 7.30. The van der Waals surface area contributed by atoms with Crippen LogP contribution in [-0.2, 0) is 4.79 Å². The van der Waals surface area contributed by atoms with Crippen molar-refractivity contribution in [2.75, 3.05) is 6.61 Å². The fourth-order valence-corrected chi connectivity index (χ4v) is 7.30. The van der Waals surface area contributed by atoms with Crippen LogP contribution in [0.25, 0.3) is 0 Å². The molecule has 2 fully saturated rings. The smallest absolute Gasteiger partial charge is 0.137 e. The van der Waals surface area contributed by atoms with Crippen molar-refractivity contribution in [1.29, 1.82) is 0 Å². The van der Waals surface area contributed by atoms with E-state index in [1.165, 1.54) is 18.4 Å². The lowest BCUT2D eigenvalue weighted by Crippen LogP contribution is -2.53. The normalized spacial score (nSPS) is 46.3. The topological polar surface area (TPSA) is 57.5 Å². The molecule has 2 N–H and O–H groups in total. The number of allylic oxidation sites excluding steroid dienone is 2. The Kier molecular flexibility index (Phi) is 3.96. The van der Waals surface area contributed by atoms with Gasteiger partial charge in [-0.3, -0.25) is 4.79 Å². The van der Waals surface area contributed by atoms with Crippen molar-refractivity contribution in [2.24, 2.45) is 28.6 Å². The number of hydrogen-bond donors (Lipinski definition) is 2. The molecule has 0 amide bonds. The Bertz CT molecular complexity index is 578. The molecule has 0 aromatic carbocycles. The third kappa shape index (κ3) is 2.07. The van der Waals surface area contributed by atoms with E-state index in [9.17, 15) is 15.0 Å². The summed E-state index contributed by atoms with van der Waals surface area (Å²) in [6, 6.07) is 0. The quantitative estimate of drug-likeness (QED) is 0.759. The summed E-state index contributed by atoms with van der Waals surface area (Å²) in [5.41, 5.74) is 2.84. The maximum absolute atomic E-state index is 11.8. The van der Waals surface area contributed by atoms with Crippen LogP contribution >= 0.6 is 0 Å². The van der Waals surface area contributed by atoms with Gasteiger partial charge in [0.1, 0.15) is 5.78 Å². The van der Waals surface area contributed by atoms with Crippen LogP contribution in [0.15, 0.2) is 11.1 Å². The lowest BCUT2D eigenvalue weighted by Gasteiger charge is -2.56. The Morgan fingerprint density at radius 2 is 1.96 bits per heavy atom. The van der Waals surface area contributed by atoms with E-state index >= 15 is 0 Å². The molecule has 134 valence electrons. The number of ketones is 1. The van der Waals surface area contributed by atoms with Gasteiger partial charge in [-0.05, 0) is 75.0 Å². The molecule has 0 aromatic rings. The first kappa shape index (κ1) is 16.8. The van der Waals surface area contributed by atoms with Crippen LogP contribution in [-0.4, -0.2) is 28.7 Å². The number of carbonyl (C=O) groups is 1. The van der Waals surface area contributed by atoms with Crippen molar-refractivity contribution in [3.05, 3.63) is 11.1 Å². The summed E-state index contributed by atoms with van der Waals surface area (Å²) in [4.78, 5) is 11.8. The van der Waals surface area contributed by atoms with Crippen molar-refractivity contribution in [3.8, 4) is 0 Å². The second-order valence-electron chi connectivity index (χ2n) is 9.24. The predicted octanol–water partition coefficient (Wildman–Crippen LogP) is 3.63. The van der Waals surface area contributed by atoms with E-state index in [2.05, 4.69) is 6.92 Å². The minimum Gasteiger partial charge on any atom is -0.396 e. The van der Waals surface area contributed by atoms with Crippen LogP contribution in [0.5, 0.6) is 0 Å². The van der Waals surface area contributed by atoms with Crippen LogP contribution in [0.3, 0.4) is 0 Å². The lowest BCUT2D eigenvalue weighted by atomic mass is 9.49. The number of Topliss-reactive ketones (excluding diaryl/α,β-unsaturated/α-hetero) is 1. The van der Waals surface area contributed by atoms with Crippen LogP contribution < -0.4 is 0 Å². The largest absolute Gasteiger partial charge is 0.396 e. The number of carbonyl (C=O) groups excluding carboxylic acids is 1. The average molecular weight is 332 g/mol. The van der Waals surface area contributed by atoms with E-state index in [4.69, 9.17) is 0 Å². The third-order valence-corrected chi connectivity index (χ3v) is 8.71. The second-order valence-corrected chi connectivity index (χ2v) is 9.24. The molecule has 0 aliphatic heterocycles. The van der Waals surface area contributed by atoms with Crippen LogP contribution in [0.4, 0.5) is 0 Å². The number of aliphatic hydroxyl groups is 2. The van der Waals surface area contributed by atoms with Crippen molar-refractivity contribution in [3.63, 3.8) is 0 Å². The van der Waals surface area contributed by atoms with Gasteiger partial charge in [-0.15, -0.1) is 0 Å². The van der Waals surface area contributed by atoms with Gasteiger partial charge in [0.25, 0.3) is 0 Å². The zero-order chi connectivity index (χ0) is 17.1. The van der Waals surface area contributed by atoms with E-state index in [-0.39, 0.29) is 17.4 Å². The molecule has 2 saturated carbocycles. The predicted molar refractivity (Wildman–Crippen MR) is 93.4 cm³/mol. The molecule has 0 aromatic heterocycles. The van der Waals surface area contributed by atoms with Gasteiger partial charge in [-0.2, -0.15) is 0 Å². The molecule has 24 heavy (non-hydrogen) atoms. The summed E-state index contributed by atoms with van der Waals surface area (Å²) in [6.45, 7) is 4.33. The maximum Gasteiger partial charge on any atom is 0.137 e. The van der Waals surface area contributed by atoms with Crippen LogP contribution in [0.1, 0.15) is 71.6 Å². The van der Waals surface area contributed by atoms with E-state index in [0.29, 0.717) is 23.5 Å². The van der Waals surface area contributed by atoms with Crippen molar-refractivity contribution in [2.45, 2.75) is 77.7 Å². The first-order chi connectivity index (χ1) is 11.4. The molecule has 0 radical (unpaired) electrons. The summed E-state index contributed by atoms with van der Waals surface area (Å²) in [5, 5.41) is 20.7. The highest BCUT2D eigenvalue weighted by Crippen LogP contribution is 2.68.